The third kappa shape index (κ3) is 3.01. The number of carboxylic acid groups (broad SMARTS) is 1. The monoisotopic (exact) mass is 289 g/mol. The van der Waals surface area contributed by atoms with Crippen molar-refractivity contribution < 1.29 is 19.4 Å². The maximum absolute atomic E-state index is 12.4. The van der Waals surface area contributed by atoms with Crippen LogP contribution in [0.15, 0.2) is 18.2 Å². The van der Waals surface area contributed by atoms with Gasteiger partial charge in [-0.15, -0.1) is 0 Å². The summed E-state index contributed by atoms with van der Waals surface area (Å²) in [5.41, 5.74) is 2.13. The SMILES string of the molecule is O=C(O)CC1CCCN1C(=O)Cc1ccc2c(c1)CCO2. The smallest absolute Gasteiger partial charge is 0.305 e. The largest absolute Gasteiger partial charge is 0.493 e. The van der Waals surface area contributed by atoms with E-state index in [1.807, 2.05) is 18.2 Å². The molecule has 0 saturated carbocycles. The van der Waals surface area contributed by atoms with E-state index in [9.17, 15) is 9.59 Å². The van der Waals surface area contributed by atoms with E-state index in [1.54, 1.807) is 4.90 Å². The van der Waals surface area contributed by atoms with Gasteiger partial charge in [0.2, 0.25) is 5.91 Å². The lowest BCUT2D eigenvalue weighted by atomic mass is 10.1. The summed E-state index contributed by atoms with van der Waals surface area (Å²) in [4.78, 5) is 25.0. The molecule has 112 valence electrons. The molecule has 2 heterocycles. The van der Waals surface area contributed by atoms with E-state index in [1.165, 1.54) is 0 Å². The lowest BCUT2D eigenvalue weighted by Crippen LogP contribution is -2.37. The number of carbonyl (C=O) groups is 2. The number of nitrogens with zero attached hydrogens (tertiary/aromatic N) is 1. The molecule has 1 aromatic carbocycles. The first-order chi connectivity index (χ1) is 10.1. The van der Waals surface area contributed by atoms with Gasteiger partial charge in [-0.3, -0.25) is 9.59 Å². The molecule has 2 aliphatic heterocycles. The highest BCUT2D eigenvalue weighted by molar-refractivity contribution is 5.80. The number of benzene rings is 1. The van der Waals surface area contributed by atoms with Crippen molar-refractivity contribution in [3.05, 3.63) is 29.3 Å². The number of ether oxygens (including phenoxy) is 1. The van der Waals surface area contributed by atoms with E-state index >= 15 is 0 Å². The number of hydrogen-bond acceptors (Lipinski definition) is 3. The third-order valence-corrected chi connectivity index (χ3v) is 4.22. The Morgan fingerprint density at radius 3 is 3.05 bits per heavy atom. The molecule has 5 heteroatoms. The van der Waals surface area contributed by atoms with Gasteiger partial charge in [-0.2, -0.15) is 0 Å². The molecule has 21 heavy (non-hydrogen) atoms. The van der Waals surface area contributed by atoms with E-state index in [0.717, 1.165) is 36.1 Å². The average molecular weight is 289 g/mol. The van der Waals surface area contributed by atoms with E-state index in [0.29, 0.717) is 19.6 Å². The predicted octanol–water partition coefficient (Wildman–Crippen LogP) is 1.63. The van der Waals surface area contributed by atoms with Crippen LogP contribution < -0.4 is 4.74 Å². The molecule has 1 amide bonds. The van der Waals surface area contributed by atoms with Gasteiger partial charge in [-0.05, 0) is 30.0 Å². The highest BCUT2D eigenvalue weighted by atomic mass is 16.5. The van der Waals surface area contributed by atoms with Gasteiger partial charge in [0.25, 0.3) is 0 Å². The minimum atomic E-state index is -0.839. The zero-order valence-electron chi connectivity index (χ0n) is 11.9. The van der Waals surface area contributed by atoms with Gasteiger partial charge in [0.15, 0.2) is 0 Å². The Balaban J connectivity index is 1.67. The lowest BCUT2D eigenvalue weighted by molar-refractivity contribution is -0.139. The standard InChI is InChI=1S/C16H19NO4/c18-15(17-6-1-2-13(17)10-16(19)20)9-11-3-4-14-12(8-11)5-7-21-14/h3-4,8,13H,1-2,5-7,9-10H2,(H,19,20). The number of amides is 1. The third-order valence-electron chi connectivity index (χ3n) is 4.22. The van der Waals surface area contributed by atoms with Crippen molar-refractivity contribution in [1.82, 2.24) is 4.90 Å². The van der Waals surface area contributed by atoms with E-state index in [2.05, 4.69) is 0 Å². The van der Waals surface area contributed by atoms with Crippen LogP contribution in [-0.2, 0) is 22.4 Å². The molecule has 1 aromatic rings. The average Bonchev–Trinajstić information content (AvgIpc) is 3.06. The number of fused-ring (bicyclic) bond motifs is 1. The van der Waals surface area contributed by atoms with Crippen LogP contribution in [0, 0.1) is 0 Å². The first-order valence-corrected chi connectivity index (χ1v) is 7.39. The maximum Gasteiger partial charge on any atom is 0.305 e. The maximum atomic E-state index is 12.4. The Kier molecular flexibility index (Phi) is 3.82. The highest BCUT2D eigenvalue weighted by Gasteiger charge is 2.30. The van der Waals surface area contributed by atoms with Crippen molar-refractivity contribution >= 4 is 11.9 Å². The molecule has 2 aliphatic rings. The topological polar surface area (TPSA) is 66.8 Å². The zero-order valence-corrected chi connectivity index (χ0v) is 11.9. The van der Waals surface area contributed by atoms with Crippen molar-refractivity contribution in [2.24, 2.45) is 0 Å². The van der Waals surface area contributed by atoms with Gasteiger partial charge >= 0.3 is 5.97 Å². The van der Waals surface area contributed by atoms with E-state index < -0.39 is 5.97 Å². The molecule has 3 rings (SSSR count). The second kappa shape index (κ2) is 5.76. The van der Waals surface area contributed by atoms with Gasteiger partial charge in [0.1, 0.15) is 5.75 Å². The minimum absolute atomic E-state index is 0.0256. The first kappa shape index (κ1) is 13.9. The van der Waals surface area contributed by atoms with Gasteiger partial charge < -0.3 is 14.7 Å². The molecule has 0 radical (unpaired) electrons. The second-order valence-corrected chi connectivity index (χ2v) is 5.70. The number of carboxylic acids is 1. The van der Waals surface area contributed by atoms with Crippen LogP contribution in [0.3, 0.4) is 0 Å². The summed E-state index contributed by atoms with van der Waals surface area (Å²) in [6.07, 6.45) is 2.95. The van der Waals surface area contributed by atoms with Gasteiger partial charge in [-0.1, -0.05) is 12.1 Å². The first-order valence-electron chi connectivity index (χ1n) is 7.39. The lowest BCUT2D eigenvalue weighted by Gasteiger charge is -2.23. The Morgan fingerprint density at radius 2 is 2.24 bits per heavy atom. The number of aliphatic carboxylic acids is 1. The van der Waals surface area contributed by atoms with Crippen molar-refractivity contribution in [2.75, 3.05) is 13.2 Å². The second-order valence-electron chi connectivity index (χ2n) is 5.70. The van der Waals surface area contributed by atoms with Crippen molar-refractivity contribution in [1.29, 1.82) is 0 Å². The summed E-state index contributed by atoms with van der Waals surface area (Å²) in [5, 5.41) is 8.92. The van der Waals surface area contributed by atoms with Crippen LogP contribution in [-0.4, -0.2) is 41.1 Å². The molecule has 0 bridgehead atoms. The fraction of sp³-hybridized carbons (Fsp3) is 0.500. The van der Waals surface area contributed by atoms with Gasteiger partial charge in [0.05, 0.1) is 19.4 Å². The van der Waals surface area contributed by atoms with Crippen LogP contribution in [0.4, 0.5) is 0 Å². The van der Waals surface area contributed by atoms with Gasteiger partial charge in [-0.25, -0.2) is 0 Å². The van der Waals surface area contributed by atoms with E-state index in [-0.39, 0.29) is 18.4 Å². The molecule has 0 aromatic heterocycles. The Morgan fingerprint density at radius 1 is 1.38 bits per heavy atom. The molecule has 5 nitrogen and oxygen atoms in total. The van der Waals surface area contributed by atoms with E-state index in [4.69, 9.17) is 9.84 Å². The fourth-order valence-corrected chi connectivity index (χ4v) is 3.20. The quantitative estimate of drug-likeness (QED) is 0.915. The molecule has 0 aliphatic carbocycles. The zero-order chi connectivity index (χ0) is 14.8. The molecule has 1 unspecified atom stereocenters. The van der Waals surface area contributed by atoms with Crippen molar-refractivity contribution in [3.63, 3.8) is 0 Å². The van der Waals surface area contributed by atoms with Crippen LogP contribution in [0.25, 0.3) is 0 Å². The number of likely N-dealkylation sites (tertiary alicyclic amines) is 1. The van der Waals surface area contributed by atoms with Crippen LogP contribution in [0.5, 0.6) is 5.75 Å². The highest BCUT2D eigenvalue weighted by Crippen LogP contribution is 2.27. The van der Waals surface area contributed by atoms with Crippen LogP contribution in [0.2, 0.25) is 0 Å². The number of rotatable bonds is 4. The minimum Gasteiger partial charge on any atom is -0.493 e. The van der Waals surface area contributed by atoms with Crippen LogP contribution in [0.1, 0.15) is 30.4 Å². The Labute approximate surface area is 123 Å². The molecule has 1 fully saturated rings. The summed E-state index contributed by atoms with van der Waals surface area (Å²) in [6, 6.07) is 5.73. The summed E-state index contributed by atoms with van der Waals surface area (Å²) < 4.78 is 5.46. The summed E-state index contributed by atoms with van der Waals surface area (Å²) in [5.74, 6) is 0.100. The summed E-state index contributed by atoms with van der Waals surface area (Å²) >= 11 is 0. The summed E-state index contributed by atoms with van der Waals surface area (Å²) in [6.45, 7) is 1.38. The van der Waals surface area contributed by atoms with Crippen molar-refractivity contribution in [3.8, 4) is 5.75 Å². The number of hydrogen-bond donors (Lipinski definition) is 1. The van der Waals surface area contributed by atoms with Crippen molar-refractivity contribution in [2.45, 2.75) is 38.1 Å². The molecule has 1 N–H and O–H groups in total. The molecule has 1 atom stereocenters. The van der Waals surface area contributed by atoms with Crippen LogP contribution >= 0.6 is 0 Å². The molecule has 1 saturated heterocycles. The fourth-order valence-electron chi connectivity index (χ4n) is 3.20. The predicted molar refractivity (Wildman–Crippen MR) is 76.3 cm³/mol. The molecule has 0 spiro atoms. The number of carbonyl (C=O) groups excluding carboxylic acids is 1. The Hall–Kier alpha value is -2.04. The normalized spacial score (nSPS) is 20.2. The summed E-state index contributed by atoms with van der Waals surface area (Å²) in [7, 11) is 0. The molecular weight excluding hydrogens is 270 g/mol. The van der Waals surface area contributed by atoms with Gasteiger partial charge in [0, 0.05) is 19.0 Å². The Bertz CT molecular complexity index is 569. The molecular formula is C16H19NO4.